The van der Waals surface area contributed by atoms with Crippen molar-refractivity contribution in [1.29, 1.82) is 0 Å². The lowest BCUT2D eigenvalue weighted by Gasteiger charge is -2.40. The van der Waals surface area contributed by atoms with Gasteiger partial charge in [0.05, 0.1) is 23.7 Å². The van der Waals surface area contributed by atoms with E-state index in [1.807, 2.05) is 9.80 Å². The number of carbonyl (C=O) groups excluding carboxylic acids is 1. The molecule has 0 bridgehead atoms. The molecule has 2 saturated heterocycles. The molecule has 3 fully saturated rings. The summed E-state index contributed by atoms with van der Waals surface area (Å²) in [5, 5.41) is 3.73. The molecule has 10 heteroatoms. The maximum atomic E-state index is 13.6. The Morgan fingerprint density at radius 2 is 2.06 bits per heavy atom. The van der Waals surface area contributed by atoms with E-state index in [-0.39, 0.29) is 29.5 Å². The SMILES string of the molecule is CC[C@]1(C(=O)N2CCN(c3cc(C(F)(F)F)ccn3)CC2)CC[C@@H](N[C@H]2CCOC[C@H]2OC)C1. The molecule has 190 valence electrons. The van der Waals surface area contributed by atoms with Crippen molar-refractivity contribution < 1.29 is 27.4 Å². The van der Waals surface area contributed by atoms with Crippen molar-refractivity contribution in [2.24, 2.45) is 5.41 Å². The predicted octanol–water partition coefficient (Wildman–Crippen LogP) is 3.09. The van der Waals surface area contributed by atoms with E-state index < -0.39 is 11.7 Å². The summed E-state index contributed by atoms with van der Waals surface area (Å²) >= 11 is 0. The number of hydrogen-bond donors (Lipinski definition) is 1. The van der Waals surface area contributed by atoms with E-state index in [0.29, 0.717) is 45.2 Å². The number of methoxy groups -OCH3 is 1. The zero-order chi connectivity index (χ0) is 24.3. The molecule has 1 N–H and O–H groups in total. The average Bonchev–Trinajstić information content (AvgIpc) is 3.28. The Balaban J connectivity index is 1.35. The second kappa shape index (κ2) is 10.4. The van der Waals surface area contributed by atoms with Crippen LogP contribution in [0.5, 0.6) is 0 Å². The number of anilines is 1. The first-order valence-corrected chi connectivity index (χ1v) is 12.2. The van der Waals surface area contributed by atoms with Crippen LogP contribution in [0.3, 0.4) is 0 Å². The second-order valence-electron chi connectivity index (χ2n) is 9.66. The number of nitrogens with one attached hydrogen (secondary N) is 1. The number of ether oxygens (including phenoxy) is 2. The summed E-state index contributed by atoms with van der Waals surface area (Å²) in [7, 11) is 1.71. The summed E-state index contributed by atoms with van der Waals surface area (Å²) in [5.74, 6) is 0.479. The van der Waals surface area contributed by atoms with Crippen molar-refractivity contribution in [3.8, 4) is 0 Å². The minimum absolute atomic E-state index is 0.0265. The van der Waals surface area contributed by atoms with Gasteiger partial charge in [0.1, 0.15) is 5.82 Å². The average molecular weight is 485 g/mol. The highest BCUT2D eigenvalue weighted by atomic mass is 19.4. The van der Waals surface area contributed by atoms with E-state index in [0.717, 1.165) is 44.2 Å². The molecule has 3 aliphatic rings. The van der Waals surface area contributed by atoms with Crippen LogP contribution in [0.1, 0.15) is 44.6 Å². The second-order valence-corrected chi connectivity index (χ2v) is 9.66. The monoisotopic (exact) mass is 484 g/mol. The van der Waals surface area contributed by atoms with Crippen LogP contribution in [-0.4, -0.2) is 80.5 Å². The summed E-state index contributed by atoms with van der Waals surface area (Å²) in [5.41, 5.74) is -1.09. The van der Waals surface area contributed by atoms with Crippen LogP contribution in [0, 0.1) is 5.41 Å². The van der Waals surface area contributed by atoms with Crippen LogP contribution in [-0.2, 0) is 20.4 Å². The summed E-state index contributed by atoms with van der Waals surface area (Å²) in [6, 6.07) is 2.56. The van der Waals surface area contributed by atoms with Gasteiger partial charge in [-0.05, 0) is 44.2 Å². The third-order valence-electron chi connectivity index (χ3n) is 7.76. The Labute approximate surface area is 199 Å². The first kappa shape index (κ1) is 25.2. The van der Waals surface area contributed by atoms with Gasteiger partial charge in [-0.1, -0.05) is 6.92 Å². The first-order chi connectivity index (χ1) is 16.3. The number of nitrogens with zero attached hydrogens (tertiary/aromatic N) is 3. The number of halogens is 3. The maximum Gasteiger partial charge on any atom is 0.416 e. The van der Waals surface area contributed by atoms with E-state index in [9.17, 15) is 18.0 Å². The molecule has 1 aliphatic carbocycles. The minimum Gasteiger partial charge on any atom is -0.379 e. The van der Waals surface area contributed by atoms with Gasteiger partial charge < -0.3 is 24.6 Å². The zero-order valence-corrected chi connectivity index (χ0v) is 19.9. The lowest BCUT2D eigenvalue weighted by molar-refractivity contribution is -0.142. The molecule has 4 atom stereocenters. The molecule has 7 nitrogen and oxygen atoms in total. The number of rotatable bonds is 6. The molecular weight excluding hydrogens is 449 g/mol. The number of alkyl halides is 3. The van der Waals surface area contributed by atoms with E-state index in [1.54, 1.807) is 7.11 Å². The quantitative estimate of drug-likeness (QED) is 0.670. The van der Waals surface area contributed by atoms with Gasteiger partial charge in [-0.15, -0.1) is 0 Å². The third kappa shape index (κ3) is 5.33. The van der Waals surface area contributed by atoms with Crippen molar-refractivity contribution in [2.45, 2.75) is 63.4 Å². The topological polar surface area (TPSA) is 66.9 Å². The van der Waals surface area contributed by atoms with Gasteiger partial charge in [-0.25, -0.2) is 4.98 Å². The Hall–Kier alpha value is -1.91. The number of aromatic nitrogens is 1. The largest absolute Gasteiger partial charge is 0.416 e. The smallest absolute Gasteiger partial charge is 0.379 e. The van der Waals surface area contributed by atoms with Gasteiger partial charge in [-0.3, -0.25) is 4.79 Å². The molecule has 0 spiro atoms. The molecule has 1 aromatic rings. The van der Waals surface area contributed by atoms with Crippen molar-refractivity contribution in [3.05, 3.63) is 23.9 Å². The number of hydrogen-bond acceptors (Lipinski definition) is 6. The first-order valence-electron chi connectivity index (χ1n) is 12.2. The number of carbonyl (C=O) groups is 1. The highest BCUT2D eigenvalue weighted by Crippen LogP contribution is 2.43. The lowest BCUT2D eigenvalue weighted by atomic mass is 9.81. The standard InChI is InChI=1S/C24H35F3N4O3/c1-3-23(7-4-18(15-23)29-19-6-13-34-16-20(19)33-2)22(32)31-11-9-30(10-12-31)21-14-17(5-8-28-21)24(25,26)27/h5,8,14,18-20,29H,3-4,6-7,9-13,15-16H2,1-2H3/t18-,19+,20-,23+/m1/s1. The van der Waals surface area contributed by atoms with E-state index in [2.05, 4.69) is 17.2 Å². The number of pyridine rings is 1. The number of piperazine rings is 1. The summed E-state index contributed by atoms with van der Waals surface area (Å²) < 4.78 is 50.3. The van der Waals surface area contributed by atoms with E-state index >= 15 is 0 Å². The molecule has 4 rings (SSSR count). The Morgan fingerprint density at radius 3 is 2.74 bits per heavy atom. The highest BCUT2D eigenvalue weighted by Gasteiger charge is 2.47. The van der Waals surface area contributed by atoms with Gasteiger partial charge >= 0.3 is 6.18 Å². The Morgan fingerprint density at radius 1 is 1.29 bits per heavy atom. The van der Waals surface area contributed by atoms with Gasteiger partial charge in [0.15, 0.2) is 0 Å². The molecule has 0 radical (unpaired) electrons. The third-order valence-corrected chi connectivity index (χ3v) is 7.76. The molecule has 0 unspecified atom stereocenters. The van der Waals surface area contributed by atoms with Gasteiger partial charge in [0.2, 0.25) is 5.91 Å². The summed E-state index contributed by atoms with van der Waals surface area (Å²) in [4.78, 5) is 21.5. The molecule has 1 saturated carbocycles. The maximum absolute atomic E-state index is 13.6. The van der Waals surface area contributed by atoms with E-state index in [1.165, 1.54) is 6.20 Å². The molecule has 34 heavy (non-hydrogen) atoms. The van der Waals surface area contributed by atoms with Crippen molar-refractivity contribution in [1.82, 2.24) is 15.2 Å². The van der Waals surface area contributed by atoms with Crippen LogP contribution in [0.2, 0.25) is 0 Å². The molecule has 1 aromatic heterocycles. The molecule has 2 aliphatic heterocycles. The van der Waals surface area contributed by atoms with Gasteiger partial charge in [-0.2, -0.15) is 13.2 Å². The predicted molar refractivity (Wildman–Crippen MR) is 122 cm³/mol. The summed E-state index contributed by atoms with van der Waals surface area (Å²) in [6.07, 6.45) is 1.08. The molecule has 3 heterocycles. The highest BCUT2D eigenvalue weighted by molar-refractivity contribution is 5.83. The van der Waals surface area contributed by atoms with E-state index in [4.69, 9.17) is 9.47 Å². The van der Waals surface area contributed by atoms with Crippen LogP contribution >= 0.6 is 0 Å². The van der Waals surface area contributed by atoms with Gasteiger partial charge in [0, 0.05) is 58.2 Å². The van der Waals surface area contributed by atoms with Gasteiger partial charge in [0.25, 0.3) is 0 Å². The Bertz CT molecular complexity index is 847. The minimum atomic E-state index is -4.40. The Kier molecular flexibility index (Phi) is 7.69. The van der Waals surface area contributed by atoms with Crippen molar-refractivity contribution in [2.75, 3.05) is 51.4 Å². The molecule has 0 aromatic carbocycles. The van der Waals surface area contributed by atoms with Crippen molar-refractivity contribution >= 4 is 11.7 Å². The van der Waals surface area contributed by atoms with Crippen LogP contribution in [0.15, 0.2) is 18.3 Å². The van der Waals surface area contributed by atoms with Crippen LogP contribution < -0.4 is 10.2 Å². The normalized spacial score (nSPS) is 30.6. The molecular formula is C24H35F3N4O3. The molecule has 1 amide bonds. The van der Waals surface area contributed by atoms with Crippen LogP contribution in [0.4, 0.5) is 19.0 Å². The summed E-state index contributed by atoms with van der Waals surface area (Å²) in [6.45, 7) is 5.30. The fraction of sp³-hybridized carbons (Fsp3) is 0.750. The number of amides is 1. The zero-order valence-electron chi connectivity index (χ0n) is 19.9. The fourth-order valence-electron chi connectivity index (χ4n) is 5.61. The fourth-order valence-corrected chi connectivity index (χ4v) is 5.61. The van der Waals surface area contributed by atoms with Crippen molar-refractivity contribution in [3.63, 3.8) is 0 Å². The van der Waals surface area contributed by atoms with Crippen LogP contribution in [0.25, 0.3) is 0 Å². The lowest BCUT2D eigenvalue weighted by Crippen LogP contribution is -2.54.